The minimum atomic E-state index is -3.94. The maximum Gasteiger partial charge on any atom is 0.262 e. The van der Waals surface area contributed by atoms with Crippen LogP contribution in [0.15, 0.2) is 53.7 Å². The molecule has 0 unspecified atom stereocenters. The number of nitrogens with zero attached hydrogens (tertiary/aromatic N) is 2. The van der Waals surface area contributed by atoms with Crippen LogP contribution in [-0.2, 0) is 15.4 Å². The number of H-pyrrole nitrogens is 1. The minimum Gasteiger partial charge on any atom is -0.277 e. The van der Waals surface area contributed by atoms with Gasteiger partial charge in [0.05, 0.1) is 10.6 Å². The average Bonchev–Trinajstić information content (AvgIpc) is 3.10. The number of halogens is 1. The largest absolute Gasteiger partial charge is 0.277 e. The Morgan fingerprint density at radius 3 is 2.46 bits per heavy atom. The molecule has 0 aliphatic heterocycles. The van der Waals surface area contributed by atoms with E-state index in [1.165, 1.54) is 24.5 Å². The predicted molar refractivity (Wildman–Crippen MR) is 97.7 cm³/mol. The van der Waals surface area contributed by atoms with Gasteiger partial charge in [0.25, 0.3) is 10.0 Å². The topological polar surface area (TPSA) is 87.7 Å². The fourth-order valence-corrected chi connectivity index (χ4v) is 4.10. The molecule has 0 bridgehead atoms. The lowest BCUT2D eigenvalue weighted by Crippen LogP contribution is -2.21. The first-order valence-corrected chi connectivity index (χ1v) is 9.44. The molecule has 0 atom stereocenters. The highest BCUT2D eigenvalue weighted by Gasteiger charge is 2.26. The van der Waals surface area contributed by atoms with Crippen LogP contribution >= 0.6 is 0 Å². The number of benzene rings is 2. The molecule has 0 aliphatic carbocycles. The molecule has 1 aromatic heterocycles. The molecule has 8 heteroatoms. The normalized spacial score (nSPS) is 12.2. The lowest BCUT2D eigenvalue weighted by molar-refractivity contribution is 0.563. The van der Waals surface area contributed by atoms with Crippen LogP contribution in [0.1, 0.15) is 26.3 Å². The Hall–Kier alpha value is -2.74. The van der Waals surface area contributed by atoms with Gasteiger partial charge in [-0.05, 0) is 35.2 Å². The van der Waals surface area contributed by atoms with Crippen LogP contribution < -0.4 is 4.72 Å². The quantitative estimate of drug-likeness (QED) is 0.729. The standard InChI is InChI=1S/C18H19FN4O2S/c1-18(2,3)13-6-4-5-7-16(13)26(24,25)23-15-9-8-12(10-14(15)19)17-20-11-21-22-17/h4-11,23H,1-3H3,(H,20,21,22). The molecule has 2 aromatic carbocycles. The van der Waals surface area contributed by atoms with Gasteiger partial charge >= 0.3 is 0 Å². The van der Waals surface area contributed by atoms with E-state index >= 15 is 0 Å². The van der Waals surface area contributed by atoms with E-state index in [-0.39, 0.29) is 16.0 Å². The minimum absolute atomic E-state index is 0.128. The molecule has 0 aliphatic rings. The van der Waals surface area contributed by atoms with Gasteiger partial charge in [0, 0.05) is 5.56 Å². The smallest absolute Gasteiger partial charge is 0.262 e. The van der Waals surface area contributed by atoms with E-state index in [4.69, 9.17) is 0 Å². The summed E-state index contributed by atoms with van der Waals surface area (Å²) in [4.78, 5) is 4.08. The van der Waals surface area contributed by atoms with Gasteiger partial charge in [-0.2, -0.15) is 5.10 Å². The van der Waals surface area contributed by atoms with Crippen molar-refractivity contribution in [2.75, 3.05) is 4.72 Å². The van der Waals surface area contributed by atoms with E-state index in [1.54, 1.807) is 24.3 Å². The Labute approximate surface area is 151 Å². The molecule has 0 amide bonds. The van der Waals surface area contributed by atoms with Gasteiger partial charge in [0.1, 0.15) is 12.1 Å². The maximum absolute atomic E-state index is 14.4. The Kier molecular flexibility index (Phi) is 4.53. The molecule has 2 N–H and O–H groups in total. The van der Waals surface area contributed by atoms with Crippen molar-refractivity contribution in [1.82, 2.24) is 15.2 Å². The second-order valence-corrected chi connectivity index (χ2v) is 8.53. The molecule has 1 heterocycles. The first-order chi connectivity index (χ1) is 12.2. The monoisotopic (exact) mass is 374 g/mol. The number of aromatic amines is 1. The summed E-state index contributed by atoms with van der Waals surface area (Å²) in [5.74, 6) is -0.299. The van der Waals surface area contributed by atoms with E-state index in [0.29, 0.717) is 17.0 Å². The van der Waals surface area contributed by atoms with Crippen molar-refractivity contribution in [1.29, 1.82) is 0 Å². The zero-order chi connectivity index (χ0) is 18.9. The van der Waals surface area contributed by atoms with Gasteiger partial charge in [-0.25, -0.2) is 17.8 Å². The number of sulfonamides is 1. The first-order valence-electron chi connectivity index (χ1n) is 7.96. The number of rotatable bonds is 4. The number of anilines is 1. The highest BCUT2D eigenvalue weighted by Crippen LogP contribution is 2.30. The van der Waals surface area contributed by atoms with E-state index in [1.807, 2.05) is 20.8 Å². The van der Waals surface area contributed by atoms with Crippen LogP contribution in [0.4, 0.5) is 10.1 Å². The van der Waals surface area contributed by atoms with Gasteiger partial charge in [-0.1, -0.05) is 39.0 Å². The molecular formula is C18H19FN4O2S. The third kappa shape index (κ3) is 3.60. The zero-order valence-corrected chi connectivity index (χ0v) is 15.4. The predicted octanol–water partition coefficient (Wildman–Crippen LogP) is 3.71. The first kappa shape index (κ1) is 18.1. The molecule has 0 radical (unpaired) electrons. The Balaban J connectivity index is 1.96. The summed E-state index contributed by atoms with van der Waals surface area (Å²) in [6.45, 7) is 5.77. The molecule has 0 spiro atoms. The van der Waals surface area contributed by atoms with Crippen LogP contribution in [0.25, 0.3) is 11.4 Å². The Bertz CT molecular complexity index is 1030. The average molecular weight is 374 g/mol. The number of hydrogen-bond acceptors (Lipinski definition) is 4. The molecule has 3 aromatic rings. The molecule has 26 heavy (non-hydrogen) atoms. The van der Waals surface area contributed by atoms with Crippen LogP contribution in [0.2, 0.25) is 0 Å². The summed E-state index contributed by atoms with van der Waals surface area (Å²) >= 11 is 0. The fraction of sp³-hybridized carbons (Fsp3) is 0.222. The van der Waals surface area contributed by atoms with E-state index < -0.39 is 15.8 Å². The van der Waals surface area contributed by atoms with Gasteiger partial charge < -0.3 is 0 Å². The summed E-state index contributed by atoms with van der Waals surface area (Å²) in [5.41, 5.74) is 0.626. The van der Waals surface area contributed by atoms with Crippen LogP contribution in [0.3, 0.4) is 0 Å². The third-order valence-electron chi connectivity index (χ3n) is 3.89. The SMILES string of the molecule is CC(C)(C)c1ccccc1S(=O)(=O)Nc1ccc(-c2ncn[nH]2)cc1F. The van der Waals surface area contributed by atoms with Crippen LogP contribution in [-0.4, -0.2) is 23.6 Å². The molecule has 0 saturated heterocycles. The van der Waals surface area contributed by atoms with Crippen molar-refractivity contribution in [3.63, 3.8) is 0 Å². The van der Waals surface area contributed by atoms with Gasteiger partial charge in [0.15, 0.2) is 5.82 Å². The van der Waals surface area contributed by atoms with Crippen molar-refractivity contribution < 1.29 is 12.8 Å². The second kappa shape index (κ2) is 6.53. The lowest BCUT2D eigenvalue weighted by Gasteiger charge is -2.23. The number of aromatic nitrogens is 3. The lowest BCUT2D eigenvalue weighted by atomic mass is 9.87. The summed E-state index contributed by atoms with van der Waals surface area (Å²) in [6, 6.07) is 10.8. The van der Waals surface area contributed by atoms with E-state index in [9.17, 15) is 12.8 Å². The van der Waals surface area contributed by atoms with Crippen molar-refractivity contribution in [2.45, 2.75) is 31.1 Å². The maximum atomic E-state index is 14.4. The summed E-state index contributed by atoms with van der Waals surface area (Å²) in [6.07, 6.45) is 1.31. The molecule has 0 saturated carbocycles. The molecule has 136 valence electrons. The summed E-state index contributed by atoms with van der Waals surface area (Å²) in [7, 11) is -3.94. The van der Waals surface area contributed by atoms with Crippen LogP contribution in [0, 0.1) is 5.82 Å². The van der Waals surface area contributed by atoms with Crippen LogP contribution in [0.5, 0.6) is 0 Å². The zero-order valence-electron chi connectivity index (χ0n) is 14.6. The van der Waals surface area contributed by atoms with Gasteiger partial charge in [-0.3, -0.25) is 9.82 Å². The summed E-state index contributed by atoms with van der Waals surface area (Å²) in [5, 5.41) is 6.34. The van der Waals surface area contributed by atoms with Crippen molar-refractivity contribution in [2.24, 2.45) is 0 Å². The number of nitrogens with one attached hydrogen (secondary N) is 2. The highest BCUT2D eigenvalue weighted by molar-refractivity contribution is 7.92. The molecule has 0 fully saturated rings. The Morgan fingerprint density at radius 2 is 1.85 bits per heavy atom. The summed E-state index contributed by atoms with van der Waals surface area (Å²) < 4.78 is 42.4. The molecular weight excluding hydrogens is 355 g/mol. The number of hydrogen-bond donors (Lipinski definition) is 2. The second-order valence-electron chi connectivity index (χ2n) is 6.88. The Morgan fingerprint density at radius 1 is 1.12 bits per heavy atom. The van der Waals surface area contributed by atoms with Crippen molar-refractivity contribution in [3.05, 3.63) is 60.2 Å². The van der Waals surface area contributed by atoms with Crippen molar-refractivity contribution in [3.8, 4) is 11.4 Å². The molecule has 3 rings (SSSR count). The van der Waals surface area contributed by atoms with Gasteiger partial charge in [-0.15, -0.1) is 0 Å². The van der Waals surface area contributed by atoms with E-state index in [2.05, 4.69) is 19.9 Å². The van der Waals surface area contributed by atoms with Crippen molar-refractivity contribution >= 4 is 15.7 Å². The van der Waals surface area contributed by atoms with E-state index in [0.717, 1.165) is 0 Å². The third-order valence-corrected chi connectivity index (χ3v) is 5.31. The molecule has 6 nitrogen and oxygen atoms in total. The fourth-order valence-electron chi connectivity index (χ4n) is 2.61. The van der Waals surface area contributed by atoms with Gasteiger partial charge in [0.2, 0.25) is 0 Å². The highest BCUT2D eigenvalue weighted by atomic mass is 32.2.